The lowest BCUT2D eigenvalue weighted by Gasteiger charge is -2.72. The predicted molar refractivity (Wildman–Crippen MR) is 162 cm³/mol. The fraction of sp³-hybridized carbons (Fsp3) is 0.750. The van der Waals surface area contributed by atoms with Gasteiger partial charge in [0.25, 0.3) is 0 Å². The third-order valence-corrected chi connectivity index (χ3v) is 14.8. The van der Waals surface area contributed by atoms with Crippen molar-refractivity contribution in [2.24, 2.45) is 51.2 Å². The van der Waals surface area contributed by atoms with Crippen LogP contribution in [0.3, 0.4) is 0 Å². The van der Waals surface area contributed by atoms with Gasteiger partial charge in [0.05, 0.1) is 17.1 Å². The molecule has 0 saturated heterocycles. The summed E-state index contributed by atoms with van der Waals surface area (Å²) in [7, 11) is 0. The third-order valence-electron chi connectivity index (χ3n) is 14.8. The number of aliphatic hydroxyl groups excluding tert-OH is 1. The van der Waals surface area contributed by atoms with Crippen LogP contribution in [0.15, 0.2) is 41.1 Å². The van der Waals surface area contributed by atoms with Crippen LogP contribution in [0.4, 0.5) is 0 Å². The normalized spacial score (nSPS) is 46.6. The van der Waals surface area contributed by atoms with Crippen molar-refractivity contribution in [1.82, 2.24) is 15.2 Å². The Hall–Kier alpha value is -2.01. The van der Waals surface area contributed by atoms with E-state index in [1.165, 1.54) is 50.5 Å². The van der Waals surface area contributed by atoms with Gasteiger partial charge in [-0.15, -0.1) is 10.2 Å². The van der Waals surface area contributed by atoms with E-state index in [4.69, 9.17) is 9.52 Å². The van der Waals surface area contributed by atoms with Crippen molar-refractivity contribution < 1.29 is 9.52 Å². The highest BCUT2D eigenvalue weighted by Crippen LogP contribution is 2.77. The first kappa shape index (κ1) is 27.8. The zero-order valence-corrected chi connectivity index (χ0v) is 26.2. The van der Waals surface area contributed by atoms with E-state index in [2.05, 4.69) is 58.2 Å². The molecule has 5 heteroatoms. The SMILES string of the molecule is C=C(C)[C@@H]1CC[C@]2(c3nnc(-c4cccnc4)o3)CC[C@]3(C)[C@H](CC[C@@H]4[C@@]5(C)CC[C@H](O)C(C)(C)[C@@H]5CC[C@]43C)[C@@H]12. The summed E-state index contributed by atoms with van der Waals surface area (Å²) in [5.41, 5.74) is 3.02. The maximum Gasteiger partial charge on any atom is 0.249 e. The van der Waals surface area contributed by atoms with Crippen LogP contribution in [-0.2, 0) is 5.41 Å². The number of aliphatic hydroxyl groups is 1. The minimum Gasteiger partial charge on any atom is -0.420 e. The smallest absolute Gasteiger partial charge is 0.249 e. The monoisotopic (exact) mass is 557 g/mol. The molecule has 2 heterocycles. The van der Waals surface area contributed by atoms with Crippen molar-refractivity contribution in [3.8, 4) is 11.5 Å². The fourth-order valence-electron chi connectivity index (χ4n) is 12.5. The minimum atomic E-state index is -0.173. The van der Waals surface area contributed by atoms with E-state index in [-0.39, 0.29) is 22.3 Å². The molecule has 0 amide bonds. The first-order valence-corrected chi connectivity index (χ1v) is 16.5. The summed E-state index contributed by atoms with van der Waals surface area (Å²) >= 11 is 0. The number of rotatable bonds is 3. The zero-order valence-electron chi connectivity index (χ0n) is 26.2. The van der Waals surface area contributed by atoms with Crippen LogP contribution in [0.5, 0.6) is 0 Å². The first-order valence-electron chi connectivity index (χ1n) is 16.5. The first-order chi connectivity index (χ1) is 19.4. The predicted octanol–water partition coefficient (Wildman–Crippen LogP) is 8.40. The topological polar surface area (TPSA) is 72.0 Å². The highest BCUT2D eigenvalue weighted by Gasteiger charge is 2.71. The number of hydrogen-bond donors (Lipinski definition) is 1. The van der Waals surface area contributed by atoms with E-state index in [1.54, 1.807) is 6.20 Å². The zero-order chi connectivity index (χ0) is 29.0. The Bertz CT molecular complexity index is 1340. The van der Waals surface area contributed by atoms with Crippen molar-refractivity contribution >= 4 is 0 Å². The van der Waals surface area contributed by atoms with E-state index in [1.807, 2.05) is 18.3 Å². The second-order valence-corrected chi connectivity index (χ2v) is 16.4. The van der Waals surface area contributed by atoms with E-state index in [0.717, 1.165) is 30.7 Å². The molecule has 5 aliphatic rings. The molecule has 0 aliphatic heterocycles. The van der Waals surface area contributed by atoms with Gasteiger partial charge in [0, 0.05) is 12.4 Å². The van der Waals surface area contributed by atoms with Crippen LogP contribution >= 0.6 is 0 Å². The summed E-state index contributed by atoms with van der Waals surface area (Å²) in [6, 6.07) is 3.94. The molecule has 0 aromatic carbocycles. The molecule has 222 valence electrons. The molecule has 5 saturated carbocycles. The molecular weight excluding hydrogens is 506 g/mol. The lowest BCUT2D eigenvalue weighted by Crippen LogP contribution is -2.67. The molecule has 0 bridgehead atoms. The summed E-state index contributed by atoms with van der Waals surface area (Å²) in [6.45, 7) is 19.5. The number of fused-ring (bicyclic) bond motifs is 7. The van der Waals surface area contributed by atoms with Crippen LogP contribution in [0.25, 0.3) is 11.5 Å². The van der Waals surface area contributed by atoms with Gasteiger partial charge >= 0.3 is 0 Å². The fourth-order valence-corrected chi connectivity index (χ4v) is 12.5. The standard InChI is InChI=1S/C36H51N3O2/c1-22(2)24-12-17-36(31-39-38-30(41-31)23-9-8-20-37-21-23)19-18-34(6)25(29(24)36)10-11-27-33(5)15-14-28(40)32(3,4)26(33)13-16-35(27,34)7/h8-9,20-21,24-29,40H,1,10-19H2,2-7H3/t24-,25+,26-,27+,28-,29+,33-,34+,35+,36-/m0/s1. The van der Waals surface area contributed by atoms with Crippen molar-refractivity contribution in [3.05, 3.63) is 42.6 Å². The highest BCUT2D eigenvalue weighted by atomic mass is 16.4. The summed E-state index contributed by atoms with van der Waals surface area (Å²) in [6.07, 6.45) is 15.3. The minimum absolute atomic E-state index is 0.00572. The van der Waals surface area contributed by atoms with Gasteiger partial charge in [-0.05, 0) is 135 Å². The second kappa shape index (κ2) is 9.00. The molecule has 0 unspecified atom stereocenters. The maximum absolute atomic E-state index is 11.1. The van der Waals surface area contributed by atoms with Crippen LogP contribution < -0.4 is 0 Å². The van der Waals surface area contributed by atoms with Gasteiger partial charge < -0.3 is 9.52 Å². The Kier molecular flexibility index (Phi) is 6.10. The molecule has 2 aromatic rings. The average Bonchev–Trinajstić information content (AvgIpc) is 3.59. The van der Waals surface area contributed by atoms with Crippen molar-refractivity contribution in [3.63, 3.8) is 0 Å². The molecule has 0 radical (unpaired) electrons. The molecule has 1 N–H and O–H groups in total. The Balaban J connectivity index is 1.28. The van der Waals surface area contributed by atoms with E-state index in [9.17, 15) is 5.11 Å². The molecule has 5 fully saturated rings. The van der Waals surface area contributed by atoms with Gasteiger partial charge in [0.15, 0.2) is 0 Å². The van der Waals surface area contributed by atoms with Crippen LogP contribution in [0.1, 0.15) is 112 Å². The van der Waals surface area contributed by atoms with Crippen molar-refractivity contribution in [2.75, 3.05) is 0 Å². The van der Waals surface area contributed by atoms with Crippen molar-refractivity contribution in [2.45, 2.75) is 117 Å². The van der Waals surface area contributed by atoms with Crippen LogP contribution in [0, 0.1) is 51.2 Å². The van der Waals surface area contributed by atoms with Crippen LogP contribution in [0.2, 0.25) is 0 Å². The quantitative estimate of drug-likeness (QED) is 0.384. The molecule has 10 atom stereocenters. The Labute approximate surface area is 247 Å². The van der Waals surface area contributed by atoms with E-state index >= 15 is 0 Å². The van der Waals surface area contributed by atoms with Gasteiger partial charge in [0.1, 0.15) is 0 Å². The van der Waals surface area contributed by atoms with Crippen LogP contribution in [-0.4, -0.2) is 26.4 Å². The van der Waals surface area contributed by atoms with Gasteiger partial charge in [-0.25, -0.2) is 0 Å². The summed E-state index contributed by atoms with van der Waals surface area (Å²) in [4.78, 5) is 4.29. The largest absolute Gasteiger partial charge is 0.420 e. The Morgan fingerprint density at radius 2 is 1.71 bits per heavy atom. The van der Waals surface area contributed by atoms with E-state index in [0.29, 0.717) is 46.3 Å². The lowest BCUT2D eigenvalue weighted by atomic mass is 9.32. The highest BCUT2D eigenvalue weighted by molar-refractivity contribution is 5.50. The number of pyridine rings is 1. The molecular formula is C36H51N3O2. The van der Waals surface area contributed by atoms with Gasteiger partial charge in [-0.2, -0.15) is 0 Å². The number of aromatic nitrogens is 3. The summed E-state index contributed by atoms with van der Waals surface area (Å²) in [5, 5.41) is 20.4. The summed E-state index contributed by atoms with van der Waals surface area (Å²) < 4.78 is 6.59. The van der Waals surface area contributed by atoms with Crippen molar-refractivity contribution in [1.29, 1.82) is 0 Å². The Morgan fingerprint density at radius 3 is 2.44 bits per heavy atom. The van der Waals surface area contributed by atoms with Gasteiger partial charge in [-0.1, -0.05) is 46.8 Å². The lowest BCUT2D eigenvalue weighted by molar-refractivity contribution is -0.243. The number of nitrogens with zero attached hydrogens (tertiary/aromatic N) is 3. The maximum atomic E-state index is 11.1. The van der Waals surface area contributed by atoms with Gasteiger partial charge in [-0.3, -0.25) is 4.98 Å². The number of hydrogen-bond acceptors (Lipinski definition) is 5. The molecule has 0 spiro atoms. The molecule has 5 nitrogen and oxygen atoms in total. The molecule has 7 rings (SSSR count). The molecule has 5 aliphatic carbocycles. The van der Waals surface area contributed by atoms with E-state index < -0.39 is 0 Å². The Morgan fingerprint density at radius 1 is 0.902 bits per heavy atom. The second-order valence-electron chi connectivity index (χ2n) is 16.4. The summed E-state index contributed by atoms with van der Waals surface area (Å²) in [5.74, 6) is 4.38. The molecule has 2 aromatic heterocycles. The third kappa shape index (κ3) is 3.53. The van der Waals surface area contributed by atoms with Gasteiger partial charge in [0.2, 0.25) is 11.8 Å². The average molecular weight is 558 g/mol. The number of allylic oxidation sites excluding steroid dienone is 1. The molecule has 41 heavy (non-hydrogen) atoms.